The Hall–Kier alpha value is -0.840. The molecule has 0 spiro atoms. The molecule has 0 aliphatic carbocycles. The Bertz CT molecular complexity index is 418. The van der Waals surface area contributed by atoms with E-state index in [9.17, 15) is 8.42 Å². The van der Waals surface area contributed by atoms with Gasteiger partial charge in [0.15, 0.2) is 9.84 Å². The average molecular weight is 216 g/mol. The van der Waals surface area contributed by atoms with Crippen molar-refractivity contribution in [1.29, 1.82) is 0 Å². The van der Waals surface area contributed by atoms with Crippen LogP contribution in [0, 0.1) is 6.92 Å². The lowest BCUT2D eigenvalue weighted by Crippen LogP contribution is -2.01. The smallest absolute Gasteiger partial charge is 0.153 e. The summed E-state index contributed by atoms with van der Waals surface area (Å²) in [6, 6.07) is 0.316. The molecule has 0 aliphatic heterocycles. The van der Waals surface area contributed by atoms with E-state index in [4.69, 9.17) is 0 Å². The molecule has 0 fully saturated rings. The third-order valence-electron chi connectivity index (χ3n) is 1.93. The molecular weight excluding hydrogens is 200 g/mol. The summed E-state index contributed by atoms with van der Waals surface area (Å²) in [6.45, 7) is 5.96. The first-order chi connectivity index (χ1) is 6.29. The number of nitrogens with zero attached hydrogens (tertiary/aromatic N) is 2. The molecule has 1 aromatic rings. The first-order valence-electron chi connectivity index (χ1n) is 4.51. The SMILES string of the molecule is Cc1nc(CS(C)(=O)=O)cn1C(C)C. The van der Waals surface area contributed by atoms with Crippen molar-refractivity contribution in [3.63, 3.8) is 0 Å². The van der Waals surface area contributed by atoms with E-state index in [-0.39, 0.29) is 5.75 Å². The van der Waals surface area contributed by atoms with Gasteiger partial charge in [-0.25, -0.2) is 13.4 Å². The van der Waals surface area contributed by atoms with Crippen molar-refractivity contribution in [2.75, 3.05) is 6.26 Å². The number of imidazole rings is 1. The highest BCUT2D eigenvalue weighted by atomic mass is 32.2. The van der Waals surface area contributed by atoms with Gasteiger partial charge in [0.05, 0.1) is 11.4 Å². The summed E-state index contributed by atoms with van der Waals surface area (Å²) in [6.07, 6.45) is 3.03. The summed E-state index contributed by atoms with van der Waals surface area (Å²) in [7, 11) is -2.98. The van der Waals surface area contributed by atoms with Crippen LogP contribution in [0.25, 0.3) is 0 Å². The van der Waals surface area contributed by atoms with E-state index in [1.54, 1.807) is 6.20 Å². The van der Waals surface area contributed by atoms with Crippen LogP contribution in [0.3, 0.4) is 0 Å². The molecule has 0 radical (unpaired) electrons. The summed E-state index contributed by atoms with van der Waals surface area (Å²) >= 11 is 0. The summed E-state index contributed by atoms with van der Waals surface area (Å²) in [5.74, 6) is 0.881. The van der Waals surface area contributed by atoms with Gasteiger partial charge in [-0.15, -0.1) is 0 Å². The molecule has 0 saturated heterocycles. The van der Waals surface area contributed by atoms with Gasteiger partial charge in [-0.1, -0.05) is 0 Å². The van der Waals surface area contributed by atoms with Crippen molar-refractivity contribution in [2.45, 2.75) is 32.6 Å². The van der Waals surface area contributed by atoms with Gasteiger partial charge >= 0.3 is 0 Å². The predicted octanol–water partition coefficient (Wildman–Crippen LogP) is 1.32. The van der Waals surface area contributed by atoms with E-state index >= 15 is 0 Å². The maximum absolute atomic E-state index is 11.0. The average Bonchev–Trinajstić information content (AvgIpc) is 2.26. The fourth-order valence-corrected chi connectivity index (χ4v) is 2.09. The molecule has 0 bridgehead atoms. The van der Waals surface area contributed by atoms with Crippen LogP contribution in [0.4, 0.5) is 0 Å². The number of aryl methyl sites for hydroxylation is 1. The molecular formula is C9H16N2O2S. The van der Waals surface area contributed by atoms with Crippen LogP contribution in [0.15, 0.2) is 6.20 Å². The number of hydrogen-bond acceptors (Lipinski definition) is 3. The van der Waals surface area contributed by atoms with Crippen LogP contribution in [0.2, 0.25) is 0 Å². The maximum atomic E-state index is 11.0. The number of hydrogen-bond donors (Lipinski definition) is 0. The second kappa shape index (κ2) is 3.73. The number of sulfone groups is 1. The summed E-state index contributed by atoms with van der Waals surface area (Å²) in [5, 5.41) is 0. The second-order valence-electron chi connectivity index (χ2n) is 3.85. The Kier molecular flexibility index (Phi) is 2.99. The topological polar surface area (TPSA) is 52.0 Å². The highest BCUT2D eigenvalue weighted by Gasteiger charge is 2.11. The zero-order valence-electron chi connectivity index (χ0n) is 8.98. The fraction of sp³-hybridized carbons (Fsp3) is 0.667. The van der Waals surface area contributed by atoms with E-state index in [1.165, 1.54) is 6.26 Å². The minimum atomic E-state index is -2.98. The number of rotatable bonds is 3. The van der Waals surface area contributed by atoms with Gasteiger partial charge < -0.3 is 4.57 Å². The van der Waals surface area contributed by atoms with Crippen LogP contribution < -0.4 is 0 Å². The molecule has 0 saturated carbocycles. The largest absolute Gasteiger partial charge is 0.332 e. The number of aromatic nitrogens is 2. The molecule has 0 aliphatic rings. The zero-order valence-corrected chi connectivity index (χ0v) is 9.80. The standard InChI is InChI=1S/C9H16N2O2S/c1-7(2)11-5-9(10-8(11)3)6-14(4,12)13/h5,7H,6H2,1-4H3. The van der Waals surface area contributed by atoms with Crippen molar-refractivity contribution in [3.8, 4) is 0 Å². The second-order valence-corrected chi connectivity index (χ2v) is 5.99. The van der Waals surface area contributed by atoms with E-state index in [1.807, 2.05) is 25.3 Å². The van der Waals surface area contributed by atoms with Gasteiger partial charge in [0.1, 0.15) is 5.82 Å². The highest BCUT2D eigenvalue weighted by molar-refractivity contribution is 7.89. The third kappa shape index (κ3) is 2.83. The molecule has 0 atom stereocenters. The van der Waals surface area contributed by atoms with Gasteiger partial charge in [-0.05, 0) is 20.8 Å². The van der Waals surface area contributed by atoms with E-state index < -0.39 is 9.84 Å². The predicted molar refractivity (Wildman–Crippen MR) is 55.9 cm³/mol. The van der Waals surface area contributed by atoms with Crippen molar-refractivity contribution >= 4 is 9.84 Å². The van der Waals surface area contributed by atoms with Crippen molar-refractivity contribution in [1.82, 2.24) is 9.55 Å². The first kappa shape index (κ1) is 11.2. The van der Waals surface area contributed by atoms with Crippen LogP contribution >= 0.6 is 0 Å². The van der Waals surface area contributed by atoms with Crippen LogP contribution in [-0.4, -0.2) is 24.2 Å². The van der Waals surface area contributed by atoms with Crippen molar-refractivity contribution in [3.05, 3.63) is 17.7 Å². The van der Waals surface area contributed by atoms with Crippen LogP contribution in [0.1, 0.15) is 31.4 Å². The van der Waals surface area contributed by atoms with Gasteiger partial charge in [-0.2, -0.15) is 0 Å². The van der Waals surface area contributed by atoms with Crippen molar-refractivity contribution < 1.29 is 8.42 Å². The van der Waals surface area contributed by atoms with Gasteiger partial charge in [0.2, 0.25) is 0 Å². The fourth-order valence-electron chi connectivity index (χ4n) is 1.41. The Morgan fingerprint density at radius 1 is 1.50 bits per heavy atom. The Morgan fingerprint density at radius 2 is 2.07 bits per heavy atom. The van der Waals surface area contributed by atoms with Crippen molar-refractivity contribution in [2.24, 2.45) is 0 Å². The molecule has 1 heterocycles. The lowest BCUT2D eigenvalue weighted by Gasteiger charge is -2.07. The zero-order chi connectivity index (χ0) is 10.9. The van der Waals surface area contributed by atoms with Gasteiger partial charge in [-0.3, -0.25) is 0 Å². The molecule has 0 amide bonds. The van der Waals surface area contributed by atoms with Gasteiger partial charge in [0.25, 0.3) is 0 Å². The molecule has 14 heavy (non-hydrogen) atoms. The monoisotopic (exact) mass is 216 g/mol. The summed E-state index contributed by atoms with van der Waals surface area (Å²) < 4.78 is 24.1. The Morgan fingerprint density at radius 3 is 2.43 bits per heavy atom. The van der Waals surface area contributed by atoms with E-state index in [0.717, 1.165) is 5.82 Å². The molecule has 5 heteroatoms. The highest BCUT2D eigenvalue weighted by Crippen LogP contribution is 2.11. The first-order valence-corrected chi connectivity index (χ1v) is 6.57. The molecule has 4 nitrogen and oxygen atoms in total. The van der Waals surface area contributed by atoms with Crippen LogP contribution in [0.5, 0.6) is 0 Å². The molecule has 0 aromatic carbocycles. The summed E-state index contributed by atoms with van der Waals surface area (Å²) in [5.41, 5.74) is 0.624. The lowest BCUT2D eigenvalue weighted by molar-refractivity contribution is 0.582. The van der Waals surface area contributed by atoms with Crippen LogP contribution in [-0.2, 0) is 15.6 Å². The van der Waals surface area contributed by atoms with E-state index in [2.05, 4.69) is 4.98 Å². The molecule has 1 aromatic heterocycles. The quantitative estimate of drug-likeness (QED) is 0.765. The Balaban J connectivity index is 2.98. The summed E-state index contributed by atoms with van der Waals surface area (Å²) in [4.78, 5) is 4.20. The molecule has 0 N–H and O–H groups in total. The normalized spacial score (nSPS) is 12.4. The minimum Gasteiger partial charge on any atom is -0.332 e. The van der Waals surface area contributed by atoms with E-state index in [0.29, 0.717) is 11.7 Å². The molecule has 1 rings (SSSR count). The third-order valence-corrected chi connectivity index (χ3v) is 2.75. The van der Waals surface area contributed by atoms with Gasteiger partial charge in [0, 0.05) is 18.5 Å². The Labute approximate surface area is 84.9 Å². The minimum absolute atomic E-state index is 0.0214. The lowest BCUT2D eigenvalue weighted by atomic mass is 10.4. The maximum Gasteiger partial charge on any atom is 0.153 e. The molecule has 80 valence electrons. The molecule has 0 unspecified atom stereocenters.